The number of anilines is 1. The Kier molecular flexibility index (Phi) is 2.76. The van der Waals surface area contributed by atoms with Crippen molar-refractivity contribution in [3.05, 3.63) is 29.6 Å². The van der Waals surface area contributed by atoms with Crippen molar-refractivity contribution in [1.29, 1.82) is 0 Å². The Hall–Kier alpha value is -2.11. The lowest BCUT2D eigenvalue weighted by Crippen LogP contribution is -2.40. The van der Waals surface area contributed by atoms with Crippen LogP contribution in [0.15, 0.2) is 18.2 Å². The number of nitrogens with one attached hydrogen (secondary N) is 2. The molecule has 18 heavy (non-hydrogen) atoms. The van der Waals surface area contributed by atoms with E-state index in [1.165, 1.54) is 19.9 Å². The van der Waals surface area contributed by atoms with E-state index in [0.717, 1.165) is 12.1 Å². The van der Waals surface area contributed by atoms with Gasteiger partial charge in [0.25, 0.3) is 5.91 Å². The van der Waals surface area contributed by atoms with Crippen LogP contribution in [-0.2, 0) is 4.79 Å². The van der Waals surface area contributed by atoms with Crippen LogP contribution in [0.3, 0.4) is 0 Å². The van der Waals surface area contributed by atoms with E-state index in [-0.39, 0.29) is 5.69 Å². The standard InChI is InChI=1S/C12H15FN2O3/c1-12(2,11(17)18)15-7-4-5-8(9(13)6-7)10(16)14-3/h4-6,15H,1-3H3,(H,14,16)(H,17,18)/i3D3. The molecule has 1 rings (SSSR count). The molecule has 0 aliphatic rings. The van der Waals surface area contributed by atoms with Crippen molar-refractivity contribution in [1.82, 2.24) is 5.32 Å². The van der Waals surface area contributed by atoms with Crippen LogP contribution in [-0.4, -0.2) is 29.5 Å². The number of carboxylic acid groups (broad SMARTS) is 1. The molecule has 0 saturated carbocycles. The number of halogens is 1. The number of carbonyl (C=O) groups excluding carboxylic acids is 1. The van der Waals surface area contributed by atoms with E-state index in [1.807, 2.05) is 0 Å². The van der Waals surface area contributed by atoms with E-state index in [0.29, 0.717) is 0 Å². The third-order valence-electron chi connectivity index (χ3n) is 2.32. The topological polar surface area (TPSA) is 78.4 Å². The van der Waals surface area contributed by atoms with Crippen LogP contribution in [0.2, 0.25) is 0 Å². The minimum absolute atomic E-state index is 0.158. The van der Waals surface area contributed by atoms with Gasteiger partial charge in [-0.25, -0.2) is 9.18 Å². The predicted octanol–water partition coefficient (Wildman–Crippen LogP) is 1.46. The van der Waals surface area contributed by atoms with Crippen LogP contribution < -0.4 is 10.6 Å². The number of hydrogen-bond donors (Lipinski definition) is 3. The Morgan fingerprint density at radius 3 is 2.61 bits per heavy atom. The summed E-state index contributed by atoms with van der Waals surface area (Å²) in [5.41, 5.74) is -1.61. The fourth-order valence-electron chi connectivity index (χ4n) is 1.26. The summed E-state index contributed by atoms with van der Waals surface area (Å²) in [4.78, 5) is 22.5. The maximum Gasteiger partial charge on any atom is 0.328 e. The first-order valence-corrected chi connectivity index (χ1v) is 5.06. The molecule has 0 heterocycles. The number of aliphatic carboxylic acids is 1. The Labute approximate surface area is 108 Å². The predicted molar refractivity (Wildman–Crippen MR) is 65.1 cm³/mol. The summed E-state index contributed by atoms with van der Waals surface area (Å²) < 4.78 is 34.5. The van der Waals surface area contributed by atoms with Gasteiger partial charge >= 0.3 is 5.97 Å². The fourth-order valence-corrected chi connectivity index (χ4v) is 1.26. The molecule has 0 aliphatic carbocycles. The minimum atomic E-state index is -2.72. The second-order valence-electron chi connectivity index (χ2n) is 4.20. The summed E-state index contributed by atoms with van der Waals surface area (Å²) in [6.45, 7) is 0.0662. The highest BCUT2D eigenvalue weighted by molar-refractivity contribution is 5.94. The quantitative estimate of drug-likeness (QED) is 0.763. The number of benzene rings is 1. The first-order valence-electron chi connectivity index (χ1n) is 6.56. The van der Waals surface area contributed by atoms with E-state index >= 15 is 0 Å². The molecule has 1 aromatic carbocycles. The van der Waals surface area contributed by atoms with E-state index in [9.17, 15) is 14.0 Å². The molecule has 5 nitrogen and oxygen atoms in total. The zero-order chi connectivity index (χ0) is 16.4. The molecule has 0 saturated heterocycles. The highest BCUT2D eigenvalue weighted by Crippen LogP contribution is 2.19. The van der Waals surface area contributed by atoms with Gasteiger partial charge in [-0.1, -0.05) is 0 Å². The summed E-state index contributed by atoms with van der Waals surface area (Å²) >= 11 is 0. The van der Waals surface area contributed by atoms with E-state index in [2.05, 4.69) is 5.32 Å². The molecule has 0 aromatic heterocycles. The van der Waals surface area contributed by atoms with Gasteiger partial charge < -0.3 is 15.7 Å². The van der Waals surface area contributed by atoms with Crippen molar-refractivity contribution in [3.63, 3.8) is 0 Å². The number of carbonyl (C=O) groups is 2. The average molecular weight is 257 g/mol. The molecule has 0 atom stereocenters. The van der Waals surface area contributed by atoms with Crippen LogP contribution in [0.5, 0.6) is 0 Å². The Bertz CT molecular complexity index is 573. The van der Waals surface area contributed by atoms with E-state index in [1.54, 1.807) is 5.32 Å². The number of amides is 1. The Morgan fingerprint density at radius 1 is 1.44 bits per heavy atom. The summed E-state index contributed by atoms with van der Waals surface area (Å²) in [5.74, 6) is -3.16. The first kappa shape index (κ1) is 9.87. The zero-order valence-electron chi connectivity index (χ0n) is 12.9. The molecule has 1 amide bonds. The normalized spacial score (nSPS) is 14.1. The van der Waals surface area contributed by atoms with Crippen LogP contribution in [0.1, 0.15) is 28.3 Å². The van der Waals surface area contributed by atoms with Crippen molar-refractivity contribution >= 4 is 17.6 Å². The van der Waals surface area contributed by atoms with Gasteiger partial charge in [0, 0.05) is 16.8 Å². The van der Waals surface area contributed by atoms with E-state index < -0.39 is 35.8 Å². The summed E-state index contributed by atoms with van der Waals surface area (Å²) in [7, 11) is 0. The van der Waals surface area contributed by atoms with Gasteiger partial charge in [-0.15, -0.1) is 0 Å². The van der Waals surface area contributed by atoms with Crippen molar-refractivity contribution in [2.75, 3.05) is 12.3 Å². The summed E-state index contributed by atoms with van der Waals surface area (Å²) in [6.07, 6.45) is 0. The molecule has 3 N–H and O–H groups in total. The summed E-state index contributed by atoms with van der Waals surface area (Å²) in [6, 6.07) is 3.30. The molecule has 6 heteroatoms. The van der Waals surface area contributed by atoms with Crippen LogP contribution in [0, 0.1) is 5.82 Å². The Morgan fingerprint density at radius 2 is 2.11 bits per heavy atom. The molecule has 0 radical (unpaired) electrons. The van der Waals surface area contributed by atoms with Crippen molar-refractivity contribution in [2.24, 2.45) is 0 Å². The van der Waals surface area contributed by atoms with Gasteiger partial charge in [-0.3, -0.25) is 4.79 Å². The van der Waals surface area contributed by atoms with Crippen molar-refractivity contribution in [2.45, 2.75) is 19.4 Å². The van der Waals surface area contributed by atoms with Gasteiger partial charge in [-0.05, 0) is 32.0 Å². The zero-order valence-corrected chi connectivity index (χ0v) is 9.87. The lowest BCUT2D eigenvalue weighted by molar-refractivity contribution is -0.141. The van der Waals surface area contributed by atoms with Crippen LogP contribution in [0.4, 0.5) is 10.1 Å². The third kappa shape index (κ3) is 2.97. The monoisotopic (exact) mass is 257 g/mol. The number of carboxylic acids is 1. The second kappa shape index (κ2) is 5.03. The van der Waals surface area contributed by atoms with E-state index in [4.69, 9.17) is 9.22 Å². The van der Waals surface area contributed by atoms with Crippen molar-refractivity contribution in [3.8, 4) is 0 Å². The minimum Gasteiger partial charge on any atom is -0.480 e. The average Bonchev–Trinajstić information content (AvgIpc) is 2.25. The number of rotatable bonds is 4. The first-order chi connectivity index (χ1) is 9.42. The third-order valence-corrected chi connectivity index (χ3v) is 2.32. The Balaban J connectivity index is 2.96. The molecule has 0 fully saturated rings. The molecular formula is C12H15FN2O3. The maximum atomic E-state index is 13.8. The number of hydrogen-bond acceptors (Lipinski definition) is 3. The smallest absolute Gasteiger partial charge is 0.328 e. The van der Waals surface area contributed by atoms with Gasteiger partial charge in [0.05, 0.1) is 5.56 Å². The van der Waals surface area contributed by atoms with Crippen molar-refractivity contribution < 1.29 is 23.2 Å². The molecule has 0 unspecified atom stereocenters. The molecule has 0 bridgehead atoms. The van der Waals surface area contributed by atoms with Gasteiger partial charge in [0.1, 0.15) is 11.4 Å². The maximum absolute atomic E-state index is 13.8. The molecule has 1 aromatic rings. The fraction of sp³-hybridized carbons (Fsp3) is 0.333. The SMILES string of the molecule is [2H]C([2H])([2H])NC(=O)c1ccc(NC(C)(C)C(=O)O)cc1F. The lowest BCUT2D eigenvalue weighted by Gasteiger charge is -2.22. The van der Waals surface area contributed by atoms with Gasteiger partial charge in [0.15, 0.2) is 0 Å². The summed E-state index contributed by atoms with van der Waals surface area (Å²) in [5, 5.41) is 13.2. The highest BCUT2D eigenvalue weighted by Gasteiger charge is 2.27. The molecule has 98 valence electrons. The largest absolute Gasteiger partial charge is 0.480 e. The highest BCUT2D eigenvalue weighted by atomic mass is 19.1. The van der Waals surface area contributed by atoms with Gasteiger partial charge in [0.2, 0.25) is 0 Å². The van der Waals surface area contributed by atoms with Gasteiger partial charge in [-0.2, -0.15) is 0 Å². The van der Waals surface area contributed by atoms with Crippen LogP contribution >= 0.6 is 0 Å². The molecule has 0 spiro atoms. The van der Waals surface area contributed by atoms with Crippen LogP contribution in [0.25, 0.3) is 0 Å². The lowest BCUT2D eigenvalue weighted by atomic mass is 10.1. The second-order valence-corrected chi connectivity index (χ2v) is 4.20. The molecular weight excluding hydrogens is 239 g/mol. The molecule has 0 aliphatic heterocycles.